The molecule has 2 N–H and O–H groups in total. The fourth-order valence-electron chi connectivity index (χ4n) is 2.69. The molecule has 0 saturated heterocycles. The monoisotopic (exact) mass is 340 g/mol. The first kappa shape index (κ1) is 17.4. The highest BCUT2D eigenvalue weighted by atomic mass is 16.5. The molecular formula is C19H24N4O2. The number of ether oxygens (including phenoxy) is 1. The van der Waals surface area contributed by atoms with Crippen LogP contribution >= 0.6 is 0 Å². The molecule has 0 bridgehead atoms. The van der Waals surface area contributed by atoms with Crippen LogP contribution in [0.3, 0.4) is 0 Å². The van der Waals surface area contributed by atoms with E-state index in [1.165, 1.54) is 0 Å². The zero-order valence-electron chi connectivity index (χ0n) is 14.8. The van der Waals surface area contributed by atoms with Crippen LogP contribution in [0.2, 0.25) is 0 Å². The van der Waals surface area contributed by atoms with Crippen molar-refractivity contribution in [2.75, 3.05) is 20.2 Å². The van der Waals surface area contributed by atoms with Crippen LogP contribution in [0, 0.1) is 0 Å². The number of benzene rings is 1. The van der Waals surface area contributed by atoms with Gasteiger partial charge in [-0.1, -0.05) is 26.0 Å². The highest BCUT2D eigenvalue weighted by Gasteiger charge is 2.11. The average Bonchev–Trinajstić information content (AvgIpc) is 3.04. The van der Waals surface area contributed by atoms with Gasteiger partial charge in [0, 0.05) is 23.9 Å². The number of nitrogens with zero attached hydrogens (tertiary/aromatic N) is 3. The van der Waals surface area contributed by atoms with Gasteiger partial charge in [-0.25, -0.2) is 9.50 Å². The van der Waals surface area contributed by atoms with E-state index in [9.17, 15) is 5.11 Å². The summed E-state index contributed by atoms with van der Waals surface area (Å²) in [6.45, 7) is 5.01. The summed E-state index contributed by atoms with van der Waals surface area (Å²) in [5.41, 5.74) is 3.85. The van der Waals surface area contributed by atoms with Crippen molar-refractivity contribution in [3.8, 4) is 17.0 Å². The standard InChI is InChI=1S/C19H24N4O2/c1-13(2)17-11-21-23-8-7-18(22-19(17)23)14-5-4-6-16(9-14)25-12-15(24)10-20-3/h4-9,11,13,15,20,24H,10,12H2,1-3H3. The smallest absolute Gasteiger partial charge is 0.159 e. The molecule has 1 aromatic carbocycles. The Bertz CT molecular complexity index is 844. The molecule has 3 aromatic rings. The van der Waals surface area contributed by atoms with E-state index in [1.54, 1.807) is 11.6 Å². The average molecular weight is 340 g/mol. The largest absolute Gasteiger partial charge is 0.491 e. The Morgan fingerprint density at radius 2 is 2.12 bits per heavy atom. The first-order chi connectivity index (χ1) is 12.1. The van der Waals surface area contributed by atoms with Gasteiger partial charge >= 0.3 is 0 Å². The van der Waals surface area contributed by atoms with Crippen LogP contribution in [0.5, 0.6) is 5.75 Å². The van der Waals surface area contributed by atoms with Gasteiger partial charge in [-0.15, -0.1) is 0 Å². The fourth-order valence-corrected chi connectivity index (χ4v) is 2.69. The first-order valence-electron chi connectivity index (χ1n) is 8.48. The lowest BCUT2D eigenvalue weighted by Crippen LogP contribution is -2.29. The van der Waals surface area contributed by atoms with E-state index >= 15 is 0 Å². The predicted octanol–water partition coefficient (Wildman–Crippen LogP) is 2.48. The van der Waals surface area contributed by atoms with Crippen molar-refractivity contribution in [2.24, 2.45) is 0 Å². The van der Waals surface area contributed by atoms with Crippen LogP contribution < -0.4 is 10.1 Å². The minimum Gasteiger partial charge on any atom is -0.491 e. The Morgan fingerprint density at radius 1 is 1.28 bits per heavy atom. The van der Waals surface area contributed by atoms with Crippen molar-refractivity contribution in [2.45, 2.75) is 25.9 Å². The summed E-state index contributed by atoms with van der Waals surface area (Å²) in [5.74, 6) is 1.08. The van der Waals surface area contributed by atoms with E-state index in [1.807, 2.05) is 42.7 Å². The fraction of sp³-hybridized carbons (Fsp3) is 0.368. The number of hydrogen-bond acceptors (Lipinski definition) is 5. The van der Waals surface area contributed by atoms with Crippen LogP contribution in [0.1, 0.15) is 25.3 Å². The van der Waals surface area contributed by atoms with E-state index < -0.39 is 6.10 Å². The minimum atomic E-state index is -0.538. The maximum absolute atomic E-state index is 9.76. The number of fused-ring (bicyclic) bond motifs is 1. The van der Waals surface area contributed by atoms with Gasteiger partial charge in [0.15, 0.2) is 5.65 Å². The summed E-state index contributed by atoms with van der Waals surface area (Å²) in [7, 11) is 1.80. The molecule has 1 unspecified atom stereocenters. The van der Waals surface area contributed by atoms with Crippen molar-refractivity contribution >= 4 is 5.65 Å². The number of aromatic nitrogens is 3. The van der Waals surface area contributed by atoms with E-state index in [2.05, 4.69) is 24.3 Å². The lowest BCUT2D eigenvalue weighted by molar-refractivity contribution is 0.108. The summed E-state index contributed by atoms with van der Waals surface area (Å²) in [6.07, 6.45) is 3.26. The molecule has 25 heavy (non-hydrogen) atoms. The topological polar surface area (TPSA) is 71.7 Å². The zero-order valence-corrected chi connectivity index (χ0v) is 14.8. The van der Waals surface area contributed by atoms with Gasteiger partial charge < -0.3 is 15.2 Å². The number of hydrogen-bond donors (Lipinski definition) is 2. The van der Waals surface area contributed by atoms with Gasteiger partial charge in [-0.3, -0.25) is 0 Å². The van der Waals surface area contributed by atoms with Gasteiger partial charge in [-0.05, 0) is 31.2 Å². The first-order valence-corrected chi connectivity index (χ1v) is 8.48. The van der Waals surface area contributed by atoms with Crippen molar-refractivity contribution < 1.29 is 9.84 Å². The van der Waals surface area contributed by atoms with E-state index in [0.29, 0.717) is 18.2 Å². The Balaban J connectivity index is 1.85. The van der Waals surface area contributed by atoms with E-state index in [-0.39, 0.29) is 6.61 Å². The SMILES string of the molecule is CNCC(O)COc1cccc(-c2ccn3ncc(C(C)C)c3n2)c1. The number of aliphatic hydroxyl groups is 1. The normalized spacial score (nSPS) is 12.7. The molecule has 3 rings (SSSR count). The molecule has 0 aliphatic rings. The molecule has 6 nitrogen and oxygen atoms in total. The number of likely N-dealkylation sites (N-methyl/N-ethyl adjacent to an activating group) is 1. The van der Waals surface area contributed by atoms with Gasteiger partial charge in [-0.2, -0.15) is 5.10 Å². The predicted molar refractivity (Wildman–Crippen MR) is 97.9 cm³/mol. The number of aliphatic hydroxyl groups excluding tert-OH is 1. The molecule has 0 spiro atoms. The molecule has 0 radical (unpaired) electrons. The van der Waals surface area contributed by atoms with Crippen LogP contribution in [0.15, 0.2) is 42.7 Å². The van der Waals surface area contributed by atoms with Gasteiger partial charge in [0.1, 0.15) is 18.5 Å². The van der Waals surface area contributed by atoms with E-state index in [4.69, 9.17) is 9.72 Å². The third-order valence-electron chi connectivity index (χ3n) is 4.03. The van der Waals surface area contributed by atoms with Crippen molar-refractivity contribution in [3.63, 3.8) is 0 Å². The summed E-state index contributed by atoms with van der Waals surface area (Å²) in [4.78, 5) is 4.78. The highest BCUT2D eigenvalue weighted by molar-refractivity contribution is 5.64. The molecule has 0 aliphatic heterocycles. The molecule has 0 fully saturated rings. The highest BCUT2D eigenvalue weighted by Crippen LogP contribution is 2.25. The third kappa shape index (κ3) is 3.97. The minimum absolute atomic E-state index is 0.247. The molecule has 2 heterocycles. The van der Waals surface area contributed by atoms with Gasteiger partial charge in [0.2, 0.25) is 0 Å². The van der Waals surface area contributed by atoms with Gasteiger partial charge in [0.25, 0.3) is 0 Å². The molecule has 0 saturated carbocycles. The third-order valence-corrected chi connectivity index (χ3v) is 4.03. The Labute approximate surface area is 147 Å². The Morgan fingerprint density at radius 3 is 2.88 bits per heavy atom. The molecule has 132 valence electrons. The van der Waals surface area contributed by atoms with E-state index in [0.717, 1.165) is 22.5 Å². The van der Waals surface area contributed by atoms with Crippen LogP contribution in [-0.4, -0.2) is 46.0 Å². The Kier molecular flexibility index (Phi) is 5.31. The summed E-state index contributed by atoms with van der Waals surface area (Å²) in [6, 6.07) is 9.70. The molecule has 0 amide bonds. The maximum atomic E-state index is 9.76. The van der Waals surface area contributed by atoms with Crippen molar-refractivity contribution in [3.05, 3.63) is 48.3 Å². The number of rotatable bonds is 7. The van der Waals surface area contributed by atoms with Crippen LogP contribution in [-0.2, 0) is 0 Å². The number of nitrogens with one attached hydrogen (secondary N) is 1. The summed E-state index contributed by atoms with van der Waals surface area (Å²) in [5, 5.41) is 17.0. The second kappa shape index (κ2) is 7.63. The Hall–Kier alpha value is -2.44. The van der Waals surface area contributed by atoms with Crippen LogP contribution in [0.25, 0.3) is 16.9 Å². The second-order valence-corrected chi connectivity index (χ2v) is 6.39. The maximum Gasteiger partial charge on any atom is 0.159 e. The molecule has 6 heteroatoms. The van der Waals surface area contributed by atoms with Gasteiger partial charge in [0.05, 0.1) is 11.9 Å². The van der Waals surface area contributed by atoms with Crippen molar-refractivity contribution in [1.82, 2.24) is 19.9 Å². The lowest BCUT2D eigenvalue weighted by atomic mass is 10.1. The zero-order chi connectivity index (χ0) is 17.8. The summed E-state index contributed by atoms with van der Waals surface area (Å²) < 4.78 is 7.48. The van der Waals surface area contributed by atoms with Crippen LogP contribution in [0.4, 0.5) is 0 Å². The molecule has 0 aliphatic carbocycles. The molecule has 2 aromatic heterocycles. The molecular weight excluding hydrogens is 316 g/mol. The van der Waals surface area contributed by atoms with Crippen molar-refractivity contribution in [1.29, 1.82) is 0 Å². The lowest BCUT2D eigenvalue weighted by Gasteiger charge is -2.12. The quantitative estimate of drug-likeness (QED) is 0.691. The summed E-state index contributed by atoms with van der Waals surface area (Å²) >= 11 is 0. The molecule has 1 atom stereocenters. The second-order valence-electron chi connectivity index (χ2n) is 6.39.